The van der Waals surface area contributed by atoms with E-state index in [0.29, 0.717) is 6.54 Å². The smallest absolute Gasteiger partial charge is 0.315 e. The minimum Gasteiger partial charge on any atom is -0.496 e. The second-order valence-corrected chi connectivity index (χ2v) is 7.52. The van der Waals surface area contributed by atoms with Crippen LogP contribution in [0.4, 0.5) is 10.6 Å². The number of urea groups is 1. The summed E-state index contributed by atoms with van der Waals surface area (Å²) < 4.78 is 5.49. The topological polar surface area (TPSA) is 69.7 Å². The fraction of sp³-hybridized carbons (Fsp3) is 0.455. The summed E-state index contributed by atoms with van der Waals surface area (Å²) in [4.78, 5) is 21.2. The molecule has 2 heterocycles. The third kappa shape index (κ3) is 5.60. The Morgan fingerprint density at radius 2 is 1.93 bits per heavy atom. The number of piperidine rings is 1. The van der Waals surface area contributed by atoms with Crippen LogP contribution in [-0.4, -0.2) is 62.8 Å². The molecule has 2 N–H and O–H groups in total. The molecule has 1 fully saturated rings. The van der Waals surface area contributed by atoms with Crippen LogP contribution in [0.1, 0.15) is 24.4 Å². The van der Waals surface area contributed by atoms with E-state index in [0.717, 1.165) is 43.1 Å². The number of nitrogens with zero attached hydrogens (tertiary/aromatic N) is 3. The molecule has 29 heavy (non-hydrogen) atoms. The minimum atomic E-state index is -0.122. The first-order chi connectivity index (χ1) is 14.1. The standard InChI is InChI=1S/C22H31N5O2/c1-26(2)19(18-8-4-5-9-20(18)29-3)16-24-22(28)25-17-11-14-27(15-12-17)21-10-6-7-13-23-21/h4-10,13,17,19H,11-12,14-16H2,1-3H3,(H2,24,25,28). The van der Waals surface area contributed by atoms with Crippen molar-refractivity contribution in [1.82, 2.24) is 20.5 Å². The third-order valence-corrected chi connectivity index (χ3v) is 5.38. The number of methoxy groups -OCH3 is 1. The summed E-state index contributed by atoms with van der Waals surface area (Å²) >= 11 is 0. The van der Waals surface area contributed by atoms with E-state index >= 15 is 0 Å². The number of rotatable bonds is 7. The summed E-state index contributed by atoms with van der Waals surface area (Å²) in [6.45, 7) is 2.29. The molecule has 0 spiro atoms. The van der Waals surface area contributed by atoms with Crippen LogP contribution >= 0.6 is 0 Å². The number of benzene rings is 1. The van der Waals surface area contributed by atoms with Gasteiger partial charge in [-0.15, -0.1) is 0 Å². The maximum absolute atomic E-state index is 12.5. The molecule has 0 aliphatic carbocycles. The normalized spacial score (nSPS) is 15.8. The van der Waals surface area contributed by atoms with Gasteiger partial charge in [0.05, 0.1) is 13.2 Å². The number of pyridine rings is 1. The van der Waals surface area contributed by atoms with Crippen molar-refractivity contribution in [3.63, 3.8) is 0 Å². The highest BCUT2D eigenvalue weighted by molar-refractivity contribution is 5.74. The first kappa shape index (κ1) is 20.9. The van der Waals surface area contributed by atoms with Gasteiger partial charge in [-0.05, 0) is 45.1 Å². The molecule has 1 atom stereocenters. The zero-order valence-corrected chi connectivity index (χ0v) is 17.5. The van der Waals surface area contributed by atoms with Gasteiger partial charge >= 0.3 is 6.03 Å². The van der Waals surface area contributed by atoms with Crippen LogP contribution in [0.3, 0.4) is 0 Å². The Morgan fingerprint density at radius 1 is 1.21 bits per heavy atom. The summed E-state index contributed by atoms with van der Waals surface area (Å²) in [5, 5.41) is 6.15. The van der Waals surface area contributed by atoms with E-state index in [9.17, 15) is 4.79 Å². The molecule has 1 aliphatic rings. The zero-order chi connectivity index (χ0) is 20.6. The average molecular weight is 398 g/mol. The van der Waals surface area contributed by atoms with Gasteiger partial charge in [-0.25, -0.2) is 9.78 Å². The van der Waals surface area contributed by atoms with Crippen LogP contribution in [0.25, 0.3) is 0 Å². The molecular formula is C22H31N5O2. The summed E-state index contributed by atoms with van der Waals surface area (Å²) in [5.74, 6) is 1.83. The molecule has 7 heteroatoms. The molecule has 156 valence electrons. The Morgan fingerprint density at radius 3 is 2.59 bits per heavy atom. The number of hydrogen-bond donors (Lipinski definition) is 2. The number of carbonyl (C=O) groups is 1. The number of likely N-dealkylation sites (N-methyl/N-ethyl adjacent to an activating group) is 1. The lowest BCUT2D eigenvalue weighted by Gasteiger charge is -2.33. The molecule has 2 amide bonds. The second-order valence-electron chi connectivity index (χ2n) is 7.52. The van der Waals surface area contributed by atoms with Gasteiger partial charge in [0.25, 0.3) is 0 Å². The van der Waals surface area contributed by atoms with E-state index in [1.54, 1.807) is 7.11 Å². The zero-order valence-electron chi connectivity index (χ0n) is 17.5. The van der Waals surface area contributed by atoms with E-state index in [4.69, 9.17) is 4.74 Å². The maximum atomic E-state index is 12.5. The van der Waals surface area contributed by atoms with E-state index in [1.165, 1.54) is 0 Å². The molecule has 0 saturated carbocycles. The fourth-order valence-electron chi connectivity index (χ4n) is 3.73. The molecule has 1 unspecified atom stereocenters. The van der Waals surface area contributed by atoms with Crippen molar-refractivity contribution in [3.05, 3.63) is 54.2 Å². The second kappa shape index (κ2) is 10.1. The predicted octanol–water partition coefficient (Wildman–Crippen LogP) is 2.66. The summed E-state index contributed by atoms with van der Waals surface area (Å²) in [5.41, 5.74) is 1.06. The van der Waals surface area contributed by atoms with Gasteiger partial charge in [0.1, 0.15) is 11.6 Å². The third-order valence-electron chi connectivity index (χ3n) is 5.38. The Hall–Kier alpha value is -2.80. The number of para-hydroxylation sites is 1. The van der Waals surface area contributed by atoms with Crippen molar-refractivity contribution in [1.29, 1.82) is 0 Å². The molecule has 1 saturated heterocycles. The van der Waals surface area contributed by atoms with Crippen LogP contribution < -0.4 is 20.3 Å². The van der Waals surface area contributed by atoms with E-state index in [-0.39, 0.29) is 18.1 Å². The quantitative estimate of drug-likeness (QED) is 0.752. The first-order valence-electron chi connectivity index (χ1n) is 10.1. The number of amides is 2. The lowest BCUT2D eigenvalue weighted by atomic mass is 10.0. The van der Waals surface area contributed by atoms with Crippen molar-refractivity contribution in [3.8, 4) is 5.75 Å². The van der Waals surface area contributed by atoms with Gasteiger partial charge in [0.2, 0.25) is 0 Å². The van der Waals surface area contributed by atoms with Crippen molar-refractivity contribution in [2.24, 2.45) is 0 Å². The lowest BCUT2D eigenvalue weighted by Crippen LogP contribution is -2.49. The number of nitrogens with one attached hydrogen (secondary N) is 2. The summed E-state index contributed by atoms with van der Waals surface area (Å²) in [7, 11) is 5.68. The minimum absolute atomic E-state index is 0.0305. The van der Waals surface area contributed by atoms with Crippen molar-refractivity contribution < 1.29 is 9.53 Å². The van der Waals surface area contributed by atoms with Gasteiger partial charge in [0.15, 0.2) is 0 Å². The molecule has 0 bridgehead atoms. The van der Waals surface area contributed by atoms with Crippen molar-refractivity contribution >= 4 is 11.8 Å². The number of hydrogen-bond acceptors (Lipinski definition) is 5. The summed E-state index contributed by atoms with van der Waals surface area (Å²) in [6.07, 6.45) is 3.64. The summed E-state index contributed by atoms with van der Waals surface area (Å²) in [6, 6.07) is 14.0. The molecule has 0 radical (unpaired) electrons. The molecule has 1 aromatic carbocycles. The SMILES string of the molecule is COc1ccccc1C(CNC(=O)NC1CCN(c2ccccn2)CC1)N(C)C. The molecule has 1 aromatic heterocycles. The highest BCUT2D eigenvalue weighted by atomic mass is 16.5. The van der Waals surface area contributed by atoms with E-state index in [2.05, 4.69) is 25.4 Å². The number of anilines is 1. The van der Waals surface area contributed by atoms with Gasteiger partial charge in [0, 0.05) is 37.4 Å². The van der Waals surface area contributed by atoms with Gasteiger partial charge in [-0.2, -0.15) is 0 Å². The van der Waals surface area contributed by atoms with Crippen molar-refractivity contribution in [2.45, 2.75) is 24.9 Å². The lowest BCUT2D eigenvalue weighted by molar-refractivity contribution is 0.226. The number of carbonyl (C=O) groups excluding carboxylic acids is 1. The molecule has 3 rings (SSSR count). The van der Waals surface area contributed by atoms with Crippen LogP contribution in [0.15, 0.2) is 48.7 Å². The van der Waals surface area contributed by atoms with Crippen LogP contribution in [0.5, 0.6) is 5.75 Å². The highest BCUT2D eigenvalue weighted by Crippen LogP contribution is 2.27. The Balaban J connectivity index is 1.49. The van der Waals surface area contributed by atoms with Gasteiger partial charge < -0.3 is 25.2 Å². The average Bonchev–Trinajstić information content (AvgIpc) is 2.75. The Labute approximate surface area is 173 Å². The Kier molecular flexibility index (Phi) is 7.30. The van der Waals surface area contributed by atoms with E-state index in [1.807, 2.05) is 62.8 Å². The van der Waals surface area contributed by atoms with E-state index < -0.39 is 0 Å². The van der Waals surface area contributed by atoms with Crippen LogP contribution in [-0.2, 0) is 0 Å². The number of aromatic nitrogens is 1. The molecule has 7 nitrogen and oxygen atoms in total. The molecule has 2 aromatic rings. The largest absolute Gasteiger partial charge is 0.496 e. The fourth-order valence-corrected chi connectivity index (χ4v) is 3.73. The first-order valence-corrected chi connectivity index (χ1v) is 10.1. The highest BCUT2D eigenvalue weighted by Gasteiger charge is 2.23. The van der Waals surface area contributed by atoms with Gasteiger partial charge in [-0.1, -0.05) is 24.3 Å². The molecule has 1 aliphatic heterocycles. The van der Waals surface area contributed by atoms with Crippen LogP contribution in [0.2, 0.25) is 0 Å². The number of ether oxygens (including phenoxy) is 1. The van der Waals surface area contributed by atoms with Crippen molar-refractivity contribution in [2.75, 3.05) is 45.7 Å². The van der Waals surface area contributed by atoms with Crippen LogP contribution in [0, 0.1) is 0 Å². The maximum Gasteiger partial charge on any atom is 0.315 e. The monoisotopic (exact) mass is 397 g/mol. The van der Waals surface area contributed by atoms with Gasteiger partial charge in [-0.3, -0.25) is 0 Å². The molecular weight excluding hydrogens is 366 g/mol. The predicted molar refractivity (Wildman–Crippen MR) is 115 cm³/mol. The Bertz CT molecular complexity index is 776.